The van der Waals surface area contributed by atoms with Crippen molar-refractivity contribution in [3.05, 3.63) is 29.8 Å². The van der Waals surface area contributed by atoms with Gasteiger partial charge in [0.15, 0.2) is 0 Å². The Balaban J connectivity index is 1.83. The average Bonchev–Trinajstić information content (AvgIpc) is 2.44. The Hall–Kier alpha value is -1.14. The van der Waals surface area contributed by atoms with Crippen molar-refractivity contribution in [2.45, 2.75) is 12.5 Å². The predicted molar refractivity (Wildman–Crippen MR) is 85.0 cm³/mol. The first kappa shape index (κ1) is 15.3. The Labute approximate surface area is 121 Å². The number of nitrogens with two attached hydrogens (primary N) is 1. The van der Waals surface area contributed by atoms with Crippen LogP contribution in [0.1, 0.15) is 5.56 Å². The van der Waals surface area contributed by atoms with Crippen LogP contribution >= 0.6 is 0 Å². The topological polar surface area (TPSA) is 74.1 Å². The molecule has 1 heterocycles. The molecule has 1 aliphatic heterocycles. The quantitative estimate of drug-likeness (QED) is 0.474. The highest BCUT2D eigenvalue weighted by atomic mass is 15.0. The number of benzene rings is 1. The zero-order valence-electron chi connectivity index (χ0n) is 12.1. The van der Waals surface area contributed by atoms with Gasteiger partial charge in [-0.3, -0.25) is 0 Å². The van der Waals surface area contributed by atoms with E-state index in [-0.39, 0.29) is 0 Å². The Bertz CT molecular complexity index is 353. The molecule has 0 bridgehead atoms. The highest BCUT2D eigenvalue weighted by Crippen LogP contribution is 2.07. The van der Waals surface area contributed by atoms with Gasteiger partial charge in [0.25, 0.3) is 0 Å². The number of anilines is 1. The minimum absolute atomic E-state index is 0.458. The molecule has 1 unspecified atom stereocenters. The smallest absolute Gasteiger partial charge is 0.0314 e. The number of hydrogen-bond acceptors (Lipinski definition) is 5. The van der Waals surface area contributed by atoms with Crippen molar-refractivity contribution >= 4 is 5.69 Å². The summed E-state index contributed by atoms with van der Waals surface area (Å²) in [5, 5.41) is 14.0. The first-order valence-electron chi connectivity index (χ1n) is 7.54. The second-order valence-electron chi connectivity index (χ2n) is 5.30. The van der Waals surface area contributed by atoms with Gasteiger partial charge in [-0.1, -0.05) is 12.1 Å². The Morgan fingerprint density at radius 2 is 1.45 bits per heavy atom. The van der Waals surface area contributed by atoms with E-state index in [1.807, 2.05) is 12.1 Å². The van der Waals surface area contributed by atoms with E-state index in [9.17, 15) is 0 Å². The van der Waals surface area contributed by atoms with Gasteiger partial charge in [0.2, 0.25) is 0 Å². The van der Waals surface area contributed by atoms with E-state index in [4.69, 9.17) is 5.73 Å². The lowest BCUT2D eigenvalue weighted by Crippen LogP contribution is -2.46. The van der Waals surface area contributed by atoms with Gasteiger partial charge < -0.3 is 27.0 Å². The van der Waals surface area contributed by atoms with Crippen molar-refractivity contribution in [3.8, 4) is 0 Å². The molecule has 6 N–H and O–H groups in total. The molecule has 0 aromatic heterocycles. The molecule has 0 aliphatic carbocycles. The highest BCUT2D eigenvalue weighted by molar-refractivity contribution is 5.39. The van der Waals surface area contributed by atoms with E-state index in [1.165, 1.54) is 5.56 Å². The molecule has 112 valence electrons. The summed E-state index contributed by atoms with van der Waals surface area (Å²) in [4.78, 5) is 0. The molecular formula is C15H27N5. The summed E-state index contributed by atoms with van der Waals surface area (Å²) in [6.07, 6.45) is 1.03. The molecule has 1 aromatic carbocycles. The summed E-state index contributed by atoms with van der Waals surface area (Å²) >= 11 is 0. The molecule has 5 nitrogen and oxygen atoms in total. The first-order chi connectivity index (χ1) is 9.84. The van der Waals surface area contributed by atoms with Gasteiger partial charge in [-0.05, 0) is 24.1 Å². The zero-order valence-corrected chi connectivity index (χ0v) is 12.1. The fraction of sp³-hybridized carbons (Fsp3) is 0.600. The Morgan fingerprint density at radius 3 is 2.15 bits per heavy atom. The lowest BCUT2D eigenvalue weighted by Gasteiger charge is -2.21. The number of hydrogen-bond donors (Lipinski definition) is 5. The van der Waals surface area contributed by atoms with Crippen LogP contribution < -0.4 is 27.0 Å². The molecule has 0 spiro atoms. The molecule has 0 amide bonds. The molecule has 1 saturated heterocycles. The lowest BCUT2D eigenvalue weighted by atomic mass is 10.1. The summed E-state index contributed by atoms with van der Waals surface area (Å²) < 4.78 is 0. The highest BCUT2D eigenvalue weighted by Gasteiger charge is 2.09. The Kier molecular flexibility index (Phi) is 6.80. The normalized spacial score (nSPS) is 22.7. The largest absolute Gasteiger partial charge is 0.399 e. The maximum absolute atomic E-state index is 5.73. The SMILES string of the molecule is Nc1ccc(CC2CNCCNCCNCCN2)cc1. The fourth-order valence-corrected chi connectivity index (χ4v) is 2.40. The van der Waals surface area contributed by atoms with Crippen LogP contribution in [-0.2, 0) is 6.42 Å². The number of nitrogen functional groups attached to an aromatic ring is 1. The van der Waals surface area contributed by atoms with Crippen LogP contribution in [0.2, 0.25) is 0 Å². The van der Waals surface area contributed by atoms with Crippen LogP contribution in [0, 0.1) is 0 Å². The van der Waals surface area contributed by atoms with Gasteiger partial charge >= 0.3 is 0 Å². The van der Waals surface area contributed by atoms with E-state index in [0.717, 1.165) is 57.9 Å². The second kappa shape index (κ2) is 8.92. The van der Waals surface area contributed by atoms with Gasteiger partial charge in [0.05, 0.1) is 0 Å². The third-order valence-corrected chi connectivity index (χ3v) is 3.54. The van der Waals surface area contributed by atoms with E-state index >= 15 is 0 Å². The van der Waals surface area contributed by atoms with Crippen molar-refractivity contribution in [1.82, 2.24) is 21.3 Å². The van der Waals surface area contributed by atoms with Crippen LogP contribution in [0.15, 0.2) is 24.3 Å². The van der Waals surface area contributed by atoms with Crippen LogP contribution in [-0.4, -0.2) is 51.9 Å². The molecule has 1 aliphatic rings. The van der Waals surface area contributed by atoms with Crippen molar-refractivity contribution in [2.24, 2.45) is 0 Å². The monoisotopic (exact) mass is 277 g/mol. The van der Waals surface area contributed by atoms with Crippen molar-refractivity contribution in [1.29, 1.82) is 0 Å². The Morgan fingerprint density at radius 1 is 0.850 bits per heavy atom. The van der Waals surface area contributed by atoms with E-state index < -0.39 is 0 Å². The molecule has 0 radical (unpaired) electrons. The fourth-order valence-electron chi connectivity index (χ4n) is 2.40. The zero-order chi connectivity index (χ0) is 14.0. The third kappa shape index (κ3) is 5.88. The van der Waals surface area contributed by atoms with Gasteiger partial charge in [0.1, 0.15) is 0 Å². The molecule has 1 atom stereocenters. The third-order valence-electron chi connectivity index (χ3n) is 3.54. The maximum atomic E-state index is 5.73. The number of rotatable bonds is 2. The molecule has 1 aromatic rings. The van der Waals surface area contributed by atoms with Crippen LogP contribution in [0.25, 0.3) is 0 Å². The summed E-state index contributed by atoms with van der Waals surface area (Å²) in [6, 6.07) is 8.65. The van der Waals surface area contributed by atoms with Crippen molar-refractivity contribution in [2.75, 3.05) is 51.5 Å². The van der Waals surface area contributed by atoms with Crippen LogP contribution in [0.3, 0.4) is 0 Å². The predicted octanol–water partition coefficient (Wildman–Crippen LogP) is -0.448. The maximum Gasteiger partial charge on any atom is 0.0314 e. The van der Waals surface area contributed by atoms with E-state index in [0.29, 0.717) is 6.04 Å². The molecule has 20 heavy (non-hydrogen) atoms. The van der Waals surface area contributed by atoms with Crippen molar-refractivity contribution < 1.29 is 0 Å². The second-order valence-corrected chi connectivity index (χ2v) is 5.30. The molecule has 0 saturated carbocycles. The van der Waals surface area contributed by atoms with Crippen LogP contribution in [0.4, 0.5) is 5.69 Å². The number of nitrogens with one attached hydrogen (secondary N) is 4. The lowest BCUT2D eigenvalue weighted by molar-refractivity contribution is 0.450. The van der Waals surface area contributed by atoms with E-state index in [1.54, 1.807) is 0 Å². The summed E-state index contributed by atoms with van der Waals surface area (Å²) in [5.41, 5.74) is 7.89. The van der Waals surface area contributed by atoms with Gasteiger partial charge in [-0.15, -0.1) is 0 Å². The van der Waals surface area contributed by atoms with Gasteiger partial charge in [0, 0.05) is 57.5 Å². The van der Waals surface area contributed by atoms with Crippen LogP contribution in [0.5, 0.6) is 0 Å². The summed E-state index contributed by atoms with van der Waals surface area (Å²) in [6.45, 7) is 7.12. The molecule has 2 rings (SSSR count). The summed E-state index contributed by atoms with van der Waals surface area (Å²) in [7, 11) is 0. The van der Waals surface area contributed by atoms with E-state index in [2.05, 4.69) is 33.4 Å². The minimum atomic E-state index is 0.458. The molecular weight excluding hydrogens is 250 g/mol. The van der Waals surface area contributed by atoms with Gasteiger partial charge in [-0.2, -0.15) is 0 Å². The minimum Gasteiger partial charge on any atom is -0.399 e. The standard InChI is InChI=1S/C15H27N5/c16-14-3-1-13(2-4-14)11-15-12-19-8-7-17-5-6-18-9-10-20-15/h1-4,15,17-20H,5-12,16H2. The summed E-state index contributed by atoms with van der Waals surface area (Å²) in [5.74, 6) is 0. The molecule has 1 fully saturated rings. The average molecular weight is 277 g/mol. The van der Waals surface area contributed by atoms with Crippen molar-refractivity contribution in [3.63, 3.8) is 0 Å². The molecule has 5 heteroatoms. The first-order valence-corrected chi connectivity index (χ1v) is 7.54. The van der Waals surface area contributed by atoms with Gasteiger partial charge in [-0.25, -0.2) is 0 Å².